The third-order valence-corrected chi connectivity index (χ3v) is 9.50. The zero-order chi connectivity index (χ0) is 31.1. The average molecular weight is 600 g/mol. The summed E-state index contributed by atoms with van der Waals surface area (Å²) in [4.78, 5) is 3.74. The van der Waals surface area contributed by atoms with E-state index in [0.717, 1.165) is 66.2 Å². The number of aromatic nitrogens is 2. The number of furan rings is 1. The van der Waals surface area contributed by atoms with Crippen LogP contribution in [0.2, 0.25) is 0 Å². The topological polar surface area (TPSA) is 27.4 Å². The summed E-state index contributed by atoms with van der Waals surface area (Å²) >= 11 is 0. The predicted molar refractivity (Wildman–Crippen MR) is 194 cm³/mol. The van der Waals surface area contributed by atoms with Gasteiger partial charge in [0.05, 0.1) is 28.6 Å². The van der Waals surface area contributed by atoms with E-state index in [9.17, 15) is 0 Å². The number of fused-ring (bicyclic) bond motifs is 9. The quantitative estimate of drug-likeness (QED) is 0.186. The van der Waals surface area contributed by atoms with Crippen LogP contribution in [-0.4, -0.2) is 9.13 Å². The molecule has 10 aromatic rings. The highest BCUT2D eigenvalue weighted by Crippen LogP contribution is 2.40. The van der Waals surface area contributed by atoms with Crippen molar-refractivity contribution in [2.24, 2.45) is 0 Å². The number of rotatable bonds is 3. The summed E-state index contributed by atoms with van der Waals surface area (Å²) in [7, 11) is 0. The Kier molecular flexibility index (Phi) is 5.32. The summed E-state index contributed by atoms with van der Waals surface area (Å²) in [5.41, 5.74) is 11.3. The molecule has 3 aromatic heterocycles. The molecule has 0 amide bonds. The van der Waals surface area contributed by atoms with Crippen molar-refractivity contribution in [1.29, 1.82) is 0 Å². The fraction of sp³-hybridized carbons (Fsp3) is 0. The SMILES string of the molecule is [C-]#[N+]c1ccc2c(c1)c1cc3oc4ccccc4c3cc1n2-c1cccc(-c2cccc(-n3c4ccccc4c4ccccc43)c2)c1. The lowest BCUT2D eigenvalue weighted by Gasteiger charge is -2.13. The first-order chi connectivity index (χ1) is 23.2. The first-order valence-corrected chi connectivity index (χ1v) is 15.7. The smallest absolute Gasteiger partial charge is 0.188 e. The van der Waals surface area contributed by atoms with Crippen LogP contribution in [-0.2, 0) is 0 Å². The summed E-state index contributed by atoms with van der Waals surface area (Å²) in [5.74, 6) is 0. The Morgan fingerprint density at radius 1 is 0.404 bits per heavy atom. The van der Waals surface area contributed by atoms with E-state index in [-0.39, 0.29) is 0 Å². The van der Waals surface area contributed by atoms with Gasteiger partial charge < -0.3 is 13.6 Å². The van der Waals surface area contributed by atoms with Crippen LogP contribution in [0.5, 0.6) is 0 Å². The number of benzene rings is 7. The van der Waals surface area contributed by atoms with Crippen molar-refractivity contribution in [3.05, 3.63) is 163 Å². The van der Waals surface area contributed by atoms with Gasteiger partial charge in [0.15, 0.2) is 5.69 Å². The molecule has 7 aromatic carbocycles. The lowest BCUT2D eigenvalue weighted by atomic mass is 10.0. The molecule has 4 nitrogen and oxygen atoms in total. The maximum absolute atomic E-state index is 7.68. The molecule has 0 radical (unpaired) electrons. The predicted octanol–water partition coefficient (Wildman–Crippen LogP) is 12.0. The van der Waals surface area contributed by atoms with Gasteiger partial charge in [-0.3, -0.25) is 0 Å². The van der Waals surface area contributed by atoms with Crippen LogP contribution in [0.4, 0.5) is 5.69 Å². The van der Waals surface area contributed by atoms with Crippen LogP contribution in [0, 0.1) is 6.57 Å². The minimum atomic E-state index is 0.622. The van der Waals surface area contributed by atoms with Gasteiger partial charge in [-0.2, -0.15) is 0 Å². The second kappa shape index (κ2) is 9.71. The molecule has 0 saturated heterocycles. The van der Waals surface area contributed by atoms with E-state index in [0.29, 0.717) is 5.69 Å². The van der Waals surface area contributed by atoms with Gasteiger partial charge in [-0.15, -0.1) is 0 Å². The van der Waals surface area contributed by atoms with Crippen LogP contribution in [0.3, 0.4) is 0 Å². The van der Waals surface area contributed by atoms with Gasteiger partial charge in [0.25, 0.3) is 0 Å². The van der Waals surface area contributed by atoms with Gasteiger partial charge in [-0.1, -0.05) is 84.9 Å². The van der Waals surface area contributed by atoms with Crippen molar-refractivity contribution in [1.82, 2.24) is 9.13 Å². The molecule has 0 atom stereocenters. The Morgan fingerprint density at radius 2 is 0.979 bits per heavy atom. The second-order valence-electron chi connectivity index (χ2n) is 12.1. The fourth-order valence-corrected chi connectivity index (χ4v) is 7.42. The Hall–Kier alpha value is -6.57. The molecule has 0 saturated carbocycles. The normalized spacial score (nSPS) is 11.8. The highest BCUT2D eigenvalue weighted by Gasteiger charge is 2.18. The lowest BCUT2D eigenvalue weighted by Crippen LogP contribution is -1.96. The first kappa shape index (κ1) is 25.7. The van der Waals surface area contributed by atoms with Gasteiger partial charge in [-0.25, -0.2) is 4.85 Å². The maximum Gasteiger partial charge on any atom is 0.188 e. The summed E-state index contributed by atoms with van der Waals surface area (Å²) < 4.78 is 11.0. The Morgan fingerprint density at radius 3 is 1.66 bits per heavy atom. The van der Waals surface area contributed by atoms with E-state index in [4.69, 9.17) is 11.0 Å². The zero-order valence-corrected chi connectivity index (χ0v) is 25.2. The maximum atomic E-state index is 7.68. The molecule has 10 rings (SSSR count). The van der Waals surface area contributed by atoms with E-state index in [1.807, 2.05) is 24.3 Å². The minimum Gasteiger partial charge on any atom is -0.456 e. The summed E-state index contributed by atoms with van der Waals surface area (Å²) in [6.45, 7) is 7.68. The molecule has 0 N–H and O–H groups in total. The van der Waals surface area contributed by atoms with E-state index in [1.165, 1.54) is 21.8 Å². The third-order valence-electron chi connectivity index (χ3n) is 9.50. The molecule has 0 bridgehead atoms. The van der Waals surface area contributed by atoms with Crippen LogP contribution >= 0.6 is 0 Å². The Labute approximate surface area is 269 Å². The average Bonchev–Trinajstić information content (AvgIpc) is 3.77. The molecule has 0 fully saturated rings. The summed E-state index contributed by atoms with van der Waals surface area (Å²) in [6.07, 6.45) is 0. The minimum absolute atomic E-state index is 0.622. The standard InChI is InChI=1S/C43H25N3O/c1-44-29-20-21-40-35(24-29)36-26-43-37(34-16-4-7-19-42(34)47-43)25-41(36)46(40)31-13-9-11-28(23-31)27-10-8-12-30(22-27)45-38-17-5-2-14-32(38)33-15-3-6-18-39(33)45/h2-26H. The molecule has 4 heteroatoms. The molecule has 0 unspecified atom stereocenters. The largest absolute Gasteiger partial charge is 0.456 e. The van der Waals surface area contributed by atoms with Crippen molar-refractivity contribution < 1.29 is 4.42 Å². The van der Waals surface area contributed by atoms with Gasteiger partial charge in [0.2, 0.25) is 0 Å². The molecule has 0 spiro atoms. The Balaban J connectivity index is 1.19. The molecule has 3 heterocycles. The second-order valence-corrected chi connectivity index (χ2v) is 12.1. The van der Waals surface area contributed by atoms with Crippen molar-refractivity contribution in [2.45, 2.75) is 0 Å². The Bertz CT molecular complexity index is 2880. The van der Waals surface area contributed by atoms with Gasteiger partial charge in [0, 0.05) is 38.3 Å². The number of hydrogen-bond donors (Lipinski definition) is 0. The number of nitrogens with zero attached hydrogens (tertiary/aromatic N) is 3. The van der Waals surface area contributed by atoms with E-state index < -0.39 is 0 Å². The van der Waals surface area contributed by atoms with Gasteiger partial charge in [-0.05, 0) is 83.2 Å². The van der Waals surface area contributed by atoms with Crippen LogP contribution in [0.1, 0.15) is 0 Å². The highest BCUT2D eigenvalue weighted by atomic mass is 16.3. The zero-order valence-electron chi connectivity index (χ0n) is 25.2. The van der Waals surface area contributed by atoms with Crippen molar-refractivity contribution in [2.75, 3.05) is 0 Å². The molecule has 218 valence electrons. The number of hydrogen-bond acceptors (Lipinski definition) is 1. The van der Waals surface area contributed by atoms with Crippen molar-refractivity contribution in [3.63, 3.8) is 0 Å². The van der Waals surface area contributed by atoms with Crippen molar-refractivity contribution >= 4 is 71.2 Å². The lowest BCUT2D eigenvalue weighted by molar-refractivity contribution is 0.669. The molecule has 47 heavy (non-hydrogen) atoms. The monoisotopic (exact) mass is 599 g/mol. The molecular weight excluding hydrogens is 574 g/mol. The van der Waals surface area contributed by atoms with E-state index in [2.05, 4.69) is 141 Å². The van der Waals surface area contributed by atoms with Crippen LogP contribution < -0.4 is 0 Å². The highest BCUT2D eigenvalue weighted by molar-refractivity contribution is 6.17. The van der Waals surface area contributed by atoms with Crippen molar-refractivity contribution in [3.8, 4) is 22.5 Å². The number of para-hydroxylation sites is 3. The molecule has 0 aliphatic heterocycles. The van der Waals surface area contributed by atoms with Gasteiger partial charge in [0.1, 0.15) is 11.2 Å². The van der Waals surface area contributed by atoms with E-state index >= 15 is 0 Å². The summed E-state index contributed by atoms with van der Waals surface area (Å²) in [5, 5.41) is 6.78. The molecule has 0 aliphatic rings. The first-order valence-electron chi connectivity index (χ1n) is 15.7. The third kappa shape index (κ3) is 3.75. The van der Waals surface area contributed by atoms with Crippen LogP contribution in [0.25, 0.3) is 92.9 Å². The summed E-state index contributed by atoms with van der Waals surface area (Å²) in [6, 6.07) is 53.3. The molecule has 0 aliphatic carbocycles. The van der Waals surface area contributed by atoms with Crippen LogP contribution in [0.15, 0.2) is 156 Å². The van der Waals surface area contributed by atoms with E-state index in [1.54, 1.807) is 0 Å². The fourth-order valence-electron chi connectivity index (χ4n) is 7.42. The van der Waals surface area contributed by atoms with Gasteiger partial charge >= 0.3 is 0 Å². The molecular formula is C43H25N3O.